The van der Waals surface area contributed by atoms with Crippen LogP contribution in [0.5, 0.6) is 0 Å². The van der Waals surface area contributed by atoms with Crippen molar-refractivity contribution < 1.29 is 4.79 Å². The molecule has 0 bridgehead atoms. The molecule has 3 N–H and O–H groups in total. The van der Waals surface area contributed by atoms with Crippen LogP contribution in [0.3, 0.4) is 0 Å². The van der Waals surface area contributed by atoms with Crippen molar-refractivity contribution in [3.63, 3.8) is 0 Å². The number of likely N-dealkylation sites (N-methyl/N-ethyl adjacent to an activating group) is 1. The maximum atomic E-state index is 11.3. The molecule has 2 fully saturated rings. The van der Waals surface area contributed by atoms with Crippen molar-refractivity contribution in [1.82, 2.24) is 16.0 Å². The molecule has 4 nitrogen and oxygen atoms in total. The van der Waals surface area contributed by atoms with Gasteiger partial charge < -0.3 is 16.0 Å². The molecule has 1 heterocycles. The first kappa shape index (κ1) is 12.7. The summed E-state index contributed by atoms with van der Waals surface area (Å²) in [5.74, 6) is 0.132. The number of hydrogen-bond acceptors (Lipinski definition) is 3. The second-order valence-corrected chi connectivity index (χ2v) is 4.47. The van der Waals surface area contributed by atoms with Crippen LogP contribution in [-0.2, 0) is 4.79 Å². The highest BCUT2D eigenvalue weighted by atomic mass is 35.5. The molecule has 0 radical (unpaired) electrons. The van der Waals surface area contributed by atoms with Crippen molar-refractivity contribution in [2.75, 3.05) is 26.7 Å². The van der Waals surface area contributed by atoms with Crippen LogP contribution >= 0.6 is 12.4 Å². The molecule has 5 heteroatoms. The van der Waals surface area contributed by atoms with Gasteiger partial charge in [0, 0.05) is 6.04 Å². The van der Waals surface area contributed by atoms with Crippen molar-refractivity contribution in [2.24, 2.45) is 5.41 Å². The highest BCUT2D eigenvalue weighted by Crippen LogP contribution is 2.52. The Bertz CT molecular complexity index is 229. The number of halogens is 1. The highest BCUT2D eigenvalue weighted by molar-refractivity contribution is 5.85. The molecule has 1 amide bonds. The predicted octanol–water partition coefficient (Wildman–Crippen LogP) is -0.114. The van der Waals surface area contributed by atoms with Gasteiger partial charge in [-0.05, 0) is 44.8 Å². The first-order valence-electron chi connectivity index (χ1n) is 5.41. The van der Waals surface area contributed by atoms with Gasteiger partial charge in [-0.3, -0.25) is 4.79 Å². The van der Waals surface area contributed by atoms with Gasteiger partial charge in [0.2, 0.25) is 5.91 Å². The molecule has 1 saturated heterocycles. The Labute approximate surface area is 97.0 Å². The SMILES string of the molecule is CNCC(=O)NC1CC12CCNCC2.Cl. The minimum absolute atomic E-state index is 0. The average Bonchev–Trinajstić information content (AvgIpc) is 2.79. The van der Waals surface area contributed by atoms with E-state index < -0.39 is 0 Å². The number of carbonyl (C=O) groups is 1. The molecule has 1 atom stereocenters. The molecular formula is C10H20ClN3O. The number of piperidine rings is 1. The van der Waals surface area contributed by atoms with Crippen LogP contribution in [0.4, 0.5) is 0 Å². The topological polar surface area (TPSA) is 53.2 Å². The van der Waals surface area contributed by atoms with E-state index in [1.54, 1.807) is 7.05 Å². The summed E-state index contributed by atoms with van der Waals surface area (Å²) in [4.78, 5) is 11.3. The predicted molar refractivity (Wildman–Crippen MR) is 62.3 cm³/mol. The van der Waals surface area contributed by atoms with E-state index in [0.29, 0.717) is 18.0 Å². The fourth-order valence-corrected chi connectivity index (χ4v) is 2.43. The lowest BCUT2D eigenvalue weighted by atomic mass is 9.94. The third kappa shape index (κ3) is 2.83. The van der Waals surface area contributed by atoms with Gasteiger partial charge in [0.05, 0.1) is 6.54 Å². The van der Waals surface area contributed by atoms with E-state index in [-0.39, 0.29) is 18.3 Å². The Hall–Kier alpha value is -0.320. The van der Waals surface area contributed by atoms with Crippen LogP contribution in [0.25, 0.3) is 0 Å². The molecule has 1 unspecified atom stereocenters. The Kier molecular flexibility index (Phi) is 4.37. The molecule has 0 aromatic heterocycles. The number of rotatable bonds is 3. The van der Waals surface area contributed by atoms with Crippen molar-refractivity contribution in [3.8, 4) is 0 Å². The van der Waals surface area contributed by atoms with Crippen LogP contribution in [-0.4, -0.2) is 38.6 Å². The largest absolute Gasteiger partial charge is 0.352 e. The molecule has 2 aliphatic rings. The minimum atomic E-state index is 0. The van der Waals surface area contributed by atoms with Crippen molar-refractivity contribution in [3.05, 3.63) is 0 Å². The summed E-state index contributed by atoms with van der Waals surface area (Å²) < 4.78 is 0. The van der Waals surface area contributed by atoms with Gasteiger partial charge in [0.1, 0.15) is 0 Å². The summed E-state index contributed by atoms with van der Waals surface area (Å²) in [5.41, 5.74) is 0.453. The van der Waals surface area contributed by atoms with Gasteiger partial charge in [-0.1, -0.05) is 0 Å². The van der Waals surface area contributed by atoms with Crippen LogP contribution in [0.2, 0.25) is 0 Å². The second-order valence-electron chi connectivity index (χ2n) is 4.47. The van der Waals surface area contributed by atoms with Gasteiger partial charge in [-0.2, -0.15) is 0 Å². The van der Waals surface area contributed by atoms with Gasteiger partial charge in [0.15, 0.2) is 0 Å². The lowest BCUT2D eigenvalue weighted by molar-refractivity contribution is -0.120. The normalized spacial score (nSPS) is 26.9. The average molecular weight is 234 g/mol. The highest BCUT2D eigenvalue weighted by Gasteiger charge is 2.54. The summed E-state index contributed by atoms with van der Waals surface area (Å²) in [6.07, 6.45) is 3.62. The van der Waals surface area contributed by atoms with E-state index >= 15 is 0 Å². The fourth-order valence-electron chi connectivity index (χ4n) is 2.43. The summed E-state index contributed by atoms with van der Waals surface area (Å²) in [5, 5.41) is 9.31. The third-order valence-corrected chi connectivity index (χ3v) is 3.46. The van der Waals surface area contributed by atoms with Gasteiger partial charge in [0.25, 0.3) is 0 Å². The van der Waals surface area contributed by atoms with E-state index in [9.17, 15) is 4.79 Å². The lowest BCUT2D eigenvalue weighted by Gasteiger charge is -2.23. The third-order valence-electron chi connectivity index (χ3n) is 3.46. The fraction of sp³-hybridized carbons (Fsp3) is 0.900. The van der Waals surface area contributed by atoms with Crippen LogP contribution in [0, 0.1) is 5.41 Å². The Morgan fingerprint density at radius 1 is 1.47 bits per heavy atom. The summed E-state index contributed by atoms with van der Waals surface area (Å²) >= 11 is 0. The zero-order valence-electron chi connectivity index (χ0n) is 9.14. The molecule has 2 rings (SSSR count). The Morgan fingerprint density at radius 2 is 2.13 bits per heavy atom. The number of carbonyl (C=O) groups excluding carboxylic acids is 1. The van der Waals surface area contributed by atoms with E-state index in [1.807, 2.05) is 0 Å². The summed E-state index contributed by atoms with van der Waals surface area (Å²) in [6.45, 7) is 2.65. The quantitative estimate of drug-likeness (QED) is 0.638. The smallest absolute Gasteiger partial charge is 0.234 e. The van der Waals surface area contributed by atoms with Crippen LogP contribution in [0.15, 0.2) is 0 Å². The number of hydrogen-bond donors (Lipinski definition) is 3. The molecule has 0 aromatic rings. The molecular weight excluding hydrogens is 214 g/mol. The molecule has 0 aromatic carbocycles. The molecule has 88 valence electrons. The van der Waals surface area contributed by atoms with E-state index in [4.69, 9.17) is 0 Å². The lowest BCUT2D eigenvalue weighted by Crippen LogP contribution is -2.38. The van der Waals surface area contributed by atoms with Crippen molar-refractivity contribution in [1.29, 1.82) is 0 Å². The molecule has 1 spiro atoms. The first-order valence-corrected chi connectivity index (χ1v) is 5.41. The van der Waals surface area contributed by atoms with Crippen molar-refractivity contribution >= 4 is 18.3 Å². The van der Waals surface area contributed by atoms with E-state index in [2.05, 4.69) is 16.0 Å². The summed E-state index contributed by atoms with van der Waals surface area (Å²) in [7, 11) is 1.80. The molecule has 1 saturated carbocycles. The first-order chi connectivity index (χ1) is 6.77. The number of amides is 1. The van der Waals surface area contributed by atoms with Crippen LogP contribution in [0.1, 0.15) is 19.3 Å². The molecule has 15 heavy (non-hydrogen) atoms. The van der Waals surface area contributed by atoms with Crippen molar-refractivity contribution in [2.45, 2.75) is 25.3 Å². The van der Waals surface area contributed by atoms with Gasteiger partial charge in [-0.25, -0.2) is 0 Å². The zero-order valence-corrected chi connectivity index (χ0v) is 9.95. The Balaban J connectivity index is 0.00000112. The second kappa shape index (κ2) is 5.14. The van der Waals surface area contributed by atoms with E-state index in [0.717, 1.165) is 13.1 Å². The van der Waals surface area contributed by atoms with Crippen LogP contribution < -0.4 is 16.0 Å². The van der Waals surface area contributed by atoms with E-state index in [1.165, 1.54) is 19.3 Å². The maximum absolute atomic E-state index is 11.3. The Morgan fingerprint density at radius 3 is 2.73 bits per heavy atom. The van der Waals surface area contributed by atoms with Gasteiger partial charge in [-0.15, -0.1) is 12.4 Å². The maximum Gasteiger partial charge on any atom is 0.234 e. The number of nitrogens with one attached hydrogen (secondary N) is 3. The summed E-state index contributed by atoms with van der Waals surface area (Å²) in [6, 6.07) is 0.449. The minimum Gasteiger partial charge on any atom is -0.352 e. The molecule has 1 aliphatic carbocycles. The molecule has 1 aliphatic heterocycles. The monoisotopic (exact) mass is 233 g/mol. The standard InChI is InChI=1S/C10H19N3O.ClH/c1-11-7-9(14)13-8-6-10(8)2-4-12-5-3-10;/h8,11-12H,2-7H2,1H3,(H,13,14);1H. The van der Waals surface area contributed by atoms with Gasteiger partial charge >= 0.3 is 0 Å². The zero-order chi connectivity index (χ0) is 10.0.